The molecule has 1 unspecified atom stereocenters. The van der Waals surface area contributed by atoms with E-state index in [1.807, 2.05) is 0 Å². The zero-order valence-corrected chi connectivity index (χ0v) is 53.5. The van der Waals surface area contributed by atoms with Gasteiger partial charge in [-0.2, -0.15) is 0 Å². The Labute approximate surface area is 502 Å². The van der Waals surface area contributed by atoms with Gasteiger partial charge >= 0.3 is 17.9 Å². The topological polar surface area (TPSA) is 78.9 Å². The van der Waals surface area contributed by atoms with Crippen LogP contribution in [0.4, 0.5) is 0 Å². The van der Waals surface area contributed by atoms with E-state index in [-0.39, 0.29) is 31.1 Å². The molecule has 0 aliphatic heterocycles. The zero-order valence-electron chi connectivity index (χ0n) is 53.5. The summed E-state index contributed by atoms with van der Waals surface area (Å²) in [5.74, 6) is -0.886. The van der Waals surface area contributed by atoms with Gasteiger partial charge in [0, 0.05) is 19.3 Å². The van der Waals surface area contributed by atoms with Crippen molar-refractivity contribution in [3.63, 3.8) is 0 Å². The molecule has 0 radical (unpaired) electrons. The third-order valence-electron chi connectivity index (χ3n) is 15.0. The summed E-state index contributed by atoms with van der Waals surface area (Å²) in [4.78, 5) is 38.4. The number of ether oxygens (including phenoxy) is 3. The second-order valence-electron chi connectivity index (χ2n) is 23.1. The Kier molecular flexibility index (Phi) is 65.7. The summed E-state index contributed by atoms with van der Waals surface area (Å²) >= 11 is 0. The van der Waals surface area contributed by atoms with Crippen molar-refractivity contribution in [3.05, 3.63) is 97.2 Å². The van der Waals surface area contributed by atoms with E-state index >= 15 is 0 Å². The summed E-state index contributed by atoms with van der Waals surface area (Å²) in [5.41, 5.74) is 0. The first-order chi connectivity index (χ1) is 40.0. The number of unbranched alkanes of at least 4 members (excludes halogenated alkanes) is 36. The molecule has 0 heterocycles. The second kappa shape index (κ2) is 68.8. The summed E-state index contributed by atoms with van der Waals surface area (Å²) in [6.07, 6.45) is 92.8. The third kappa shape index (κ3) is 67.0. The van der Waals surface area contributed by atoms with E-state index in [0.717, 1.165) is 109 Å². The van der Waals surface area contributed by atoms with Gasteiger partial charge in [-0.3, -0.25) is 14.4 Å². The van der Waals surface area contributed by atoms with Crippen molar-refractivity contribution in [2.75, 3.05) is 13.2 Å². The van der Waals surface area contributed by atoms with Crippen LogP contribution >= 0.6 is 0 Å². The molecule has 0 aromatic heterocycles. The van der Waals surface area contributed by atoms with Crippen LogP contribution < -0.4 is 0 Å². The van der Waals surface area contributed by atoms with E-state index in [4.69, 9.17) is 14.2 Å². The molecule has 0 aliphatic rings. The van der Waals surface area contributed by atoms with Gasteiger partial charge in [0.15, 0.2) is 6.10 Å². The van der Waals surface area contributed by atoms with Crippen LogP contribution in [-0.2, 0) is 28.6 Å². The maximum atomic E-state index is 13.0. The van der Waals surface area contributed by atoms with Crippen molar-refractivity contribution in [1.29, 1.82) is 0 Å². The molecule has 0 aromatic rings. The minimum Gasteiger partial charge on any atom is -0.462 e. The highest BCUT2D eigenvalue weighted by molar-refractivity contribution is 5.71. The third-order valence-corrected chi connectivity index (χ3v) is 15.0. The predicted molar refractivity (Wildman–Crippen MR) is 353 cm³/mol. The second-order valence-corrected chi connectivity index (χ2v) is 23.1. The fourth-order valence-electron chi connectivity index (χ4n) is 9.85. The average molecular weight is 1130 g/mol. The molecule has 0 rings (SSSR count). The summed E-state index contributed by atoms with van der Waals surface area (Å²) in [6, 6.07) is 0. The van der Waals surface area contributed by atoms with Gasteiger partial charge < -0.3 is 14.2 Å². The van der Waals surface area contributed by atoms with Crippen LogP contribution in [0.3, 0.4) is 0 Å². The number of hydrogen-bond acceptors (Lipinski definition) is 6. The van der Waals surface area contributed by atoms with Gasteiger partial charge in [0.05, 0.1) is 0 Å². The Bertz CT molecular complexity index is 1580. The van der Waals surface area contributed by atoms with Crippen molar-refractivity contribution in [2.24, 2.45) is 0 Å². The molecule has 0 fully saturated rings. The van der Waals surface area contributed by atoms with Crippen molar-refractivity contribution >= 4 is 17.9 Å². The maximum Gasteiger partial charge on any atom is 0.306 e. The van der Waals surface area contributed by atoms with Crippen LogP contribution in [0.15, 0.2) is 97.2 Å². The molecule has 6 nitrogen and oxygen atoms in total. The molecular weight excluding hydrogens is 997 g/mol. The summed E-state index contributed by atoms with van der Waals surface area (Å²) in [7, 11) is 0. The largest absolute Gasteiger partial charge is 0.462 e. The monoisotopic (exact) mass is 1130 g/mol. The smallest absolute Gasteiger partial charge is 0.306 e. The number of allylic oxidation sites excluding steroid dienone is 16. The normalized spacial score (nSPS) is 12.7. The van der Waals surface area contributed by atoms with E-state index in [2.05, 4.69) is 118 Å². The lowest BCUT2D eigenvalue weighted by Crippen LogP contribution is -2.30. The standard InChI is InChI=1S/C75H130O6/c1-4-7-10-13-16-19-22-25-27-29-31-33-35-36-37-38-40-41-43-45-47-50-53-56-59-62-65-68-74(77)80-71-72(70-79-73(76)67-64-61-58-55-52-49-24-21-18-15-12-9-6-3)81-75(78)69-66-63-60-57-54-51-48-46-44-42-39-34-32-30-28-26-23-20-17-14-11-8-5-2/h7,10,16,19,21,24-25,27,30-33,36-37,40-41,72H,4-6,8-9,11-15,17-18,20,22-23,26,28-29,34-35,38-39,42-71H2,1-3H3/b10-7-,19-16-,24-21-,27-25-,32-30-,33-31-,37-36-,41-40-. The van der Waals surface area contributed by atoms with Crippen molar-refractivity contribution in [1.82, 2.24) is 0 Å². The molecule has 0 bridgehead atoms. The number of hydrogen-bond donors (Lipinski definition) is 0. The average Bonchev–Trinajstić information content (AvgIpc) is 3.46. The fourth-order valence-corrected chi connectivity index (χ4v) is 9.85. The SMILES string of the molecule is CC/C=C\C/C=C\C/C=C\C/C=C\C/C=C\C/C=C\CCCCCCCCCCC(=O)OCC(COC(=O)CCCCCCC/C=C\CCCCCC)OC(=O)CCCCCCCCCCCCC/C=C\CCCCCCCCCC. The quantitative estimate of drug-likeness (QED) is 0.0261. The number of rotatable bonds is 63. The Balaban J connectivity index is 4.32. The Morgan fingerprint density at radius 1 is 0.259 bits per heavy atom. The first-order valence-electron chi connectivity index (χ1n) is 34.7. The van der Waals surface area contributed by atoms with Crippen LogP contribution in [-0.4, -0.2) is 37.2 Å². The molecule has 0 amide bonds. The Hall–Kier alpha value is -3.67. The van der Waals surface area contributed by atoms with Crippen LogP contribution in [0, 0.1) is 0 Å². The van der Waals surface area contributed by atoms with Crippen molar-refractivity contribution in [3.8, 4) is 0 Å². The molecule has 81 heavy (non-hydrogen) atoms. The minimum atomic E-state index is -0.787. The van der Waals surface area contributed by atoms with Crippen molar-refractivity contribution in [2.45, 2.75) is 348 Å². The molecule has 1 atom stereocenters. The van der Waals surface area contributed by atoms with Crippen LogP contribution in [0.2, 0.25) is 0 Å². The Morgan fingerprint density at radius 2 is 0.481 bits per heavy atom. The van der Waals surface area contributed by atoms with E-state index in [0.29, 0.717) is 19.3 Å². The molecule has 0 spiro atoms. The molecule has 6 heteroatoms. The maximum absolute atomic E-state index is 13.0. The number of carbonyl (C=O) groups excluding carboxylic acids is 3. The van der Waals surface area contributed by atoms with Crippen molar-refractivity contribution < 1.29 is 28.6 Å². The molecule has 466 valence electrons. The molecule has 0 saturated heterocycles. The van der Waals surface area contributed by atoms with Crippen LogP contribution in [0.1, 0.15) is 342 Å². The van der Waals surface area contributed by atoms with Gasteiger partial charge in [-0.1, -0.05) is 298 Å². The van der Waals surface area contributed by atoms with Gasteiger partial charge in [-0.25, -0.2) is 0 Å². The van der Waals surface area contributed by atoms with Crippen LogP contribution in [0.5, 0.6) is 0 Å². The summed E-state index contributed by atoms with van der Waals surface area (Å²) in [5, 5.41) is 0. The van der Waals surface area contributed by atoms with E-state index < -0.39 is 6.10 Å². The fraction of sp³-hybridized carbons (Fsp3) is 0.747. The highest BCUT2D eigenvalue weighted by Gasteiger charge is 2.19. The highest BCUT2D eigenvalue weighted by atomic mass is 16.6. The van der Waals surface area contributed by atoms with E-state index in [1.165, 1.54) is 193 Å². The number of carbonyl (C=O) groups is 3. The highest BCUT2D eigenvalue weighted by Crippen LogP contribution is 2.17. The molecule has 0 aliphatic carbocycles. The molecule has 0 saturated carbocycles. The first kappa shape index (κ1) is 77.3. The van der Waals surface area contributed by atoms with Gasteiger partial charge in [-0.05, 0) is 122 Å². The lowest BCUT2D eigenvalue weighted by atomic mass is 10.0. The van der Waals surface area contributed by atoms with Gasteiger partial charge in [0.2, 0.25) is 0 Å². The minimum absolute atomic E-state index is 0.0829. The lowest BCUT2D eigenvalue weighted by Gasteiger charge is -2.18. The zero-order chi connectivity index (χ0) is 58.5. The lowest BCUT2D eigenvalue weighted by molar-refractivity contribution is -0.167. The van der Waals surface area contributed by atoms with E-state index in [1.54, 1.807) is 0 Å². The molecular formula is C75H130O6. The molecule has 0 N–H and O–H groups in total. The summed E-state index contributed by atoms with van der Waals surface area (Å²) in [6.45, 7) is 6.53. The Morgan fingerprint density at radius 3 is 0.778 bits per heavy atom. The first-order valence-corrected chi connectivity index (χ1v) is 34.7. The van der Waals surface area contributed by atoms with Crippen LogP contribution in [0.25, 0.3) is 0 Å². The summed E-state index contributed by atoms with van der Waals surface area (Å²) < 4.78 is 17.0. The van der Waals surface area contributed by atoms with Gasteiger partial charge in [-0.15, -0.1) is 0 Å². The van der Waals surface area contributed by atoms with E-state index in [9.17, 15) is 14.4 Å². The predicted octanol–water partition coefficient (Wildman–Crippen LogP) is 24.0. The number of esters is 3. The van der Waals surface area contributed by atoms with Gasteiger partial charge in [0.25, 0.3) is 0 Å². The van der Waals surface area contributed by atoms with Gasteiger partial charge in [0.1, 0.15) is 13.2 Å². The molecule has 0 aromatic carbocycles.